The predicted octanol–water partition coefficient (Wildman–Crippen LogP) is 1.66. The van der Waals surface area contributed by atoms with E-state index in [0.717, 1.165) is 0 Å². The lowest BCUT2D eigenvalue weighted by Gasteiger charge is -2.36. The number of carbonyl (C=O) groups is 1. The zero-order chi connectivity index (χ0) is 14.0. The van der Waals surface area contributed by atoms with Gasteiger partial charge in [0.1, 0.15) is 0 Å². The Morgan fingerprint density at radius 3 is 2.44 bits per heavy atom. The summed E-state index contributed by atoms with van der Waals surface area (Å²) in [4.78, 5) is 15.3. The first-order valence-electron chi connectivity index (χ1n) is 6.32. The second kappa shape index (κ2) is 5.10. The lowest BCUT2D eigenvalue weighted by Crippen LogP contribution is -2.40. The van der Waals surface area contributed by atoms with Crippen molar-refractivity contribution in [1.82, 2.24) is 9.55 Å². The van der Waals surface area contributed by atoms with Gasteiger partial charge in [0.25, 0.3) is 5.91 Å². The molecule has 0 unspecified atom stereocenters. The Bertz CT molecular complexity index is 420. The van der Waals surface area contributed by atoms with Crippen LogP contribution in [0.15, 0.2) is 12.4 Å². The van der Waals surface area contributed by atoms with Gasteiger partial charge in [0.2, 0.25) is 0 Å². The van der Waals surface area contributed by atoms with Gasteiger partial charge >= 0.3 is 0 Å². The molecule has 0 saturated carbocycles. The molecule has 0 aliphatic carbocycles. The molecule has 5 nitrogen and oxygen atoms in total. The third-order valence-corrected chi connectivity index (χ3v) is 3.59. The van der Waals surface area contributed by atoms with Crippen molar-refractivity contribution < 1.29 is 9.90 Å². The van der Waals surface area contributed by atoms with E-state index < -0.39 is 17.0 Å². The fourth-order valence-corrected chi connectivity index (χ4v) is 2.36. The van der Waals surface area contributed by atoms with E-state index in [1.165, 1.54) is 0 Å². The van der Waals surface area contributed by atoms with E-state index in [1.54, 1.807) is 17.0 Å². The number of aromatic nitrogens is 2. The second-order valence-electron chi connectivity index (χ2n) is 5.41. The number of primary amides is 1. The fraction of sp³-hybridized carbons (Fsp3) is 0.692. The van der Waals surface area contributed by atoms with Crippen LogP contribution in [0, 0.1) is 0 Å². The monoisotopic (exact) mass is 253 g/mol. The molecule has 1 heterocycles. The first-order valence-corrected chi connectivity index (χ1v) is 6.32. The van der Waals surface area contributed by atoms with E-state index in [-0.39, 0.29) is 5.82 Å². The molecule has 5 heteroatoms. The third-order valence-electron chi connectivity index (χ3n) is 3.59. The van der Waals surface area contributed by atoms with E-state index >= 15 is 0 Å². The highest BCUT2D eigenvalue weighted by Crippen LogP contribution is 2.32. The van der Waals surface area contributed by atoms with Crippen LogP contribution in [0.25, 0.3) is 0 Å². The Kier molecular flexibility index (Phi) is 4.16. The van der Waals surface area contributed by atoms with Crippen LogP contribution in [-0.4, -0.2) is 26.2 Å². The van der Waals surface area contributed by atoms with Gasteiger partial charge in [-0.1, -0.05) is 13.8 Å². The summed E-state index contributed by atoms with van der Waals surface area (Å²) < 4.78 is 1.74. The van der Waals surface area contributed by atoms with Crippen LogP contribution in [0.3, 0.4) is 0 Å². The smallest absolute Gasteiger partial charge is 0.284 e. The normalized spacial score (nSPS) is 12.7. The molecule has 1 rings (SSSR count). The van der Waals surface area contributed by atoms with Gasteiger partial charge in [-0.25, -0.2) is 4.98 Å². The van der Waals surface area contributed by atoms with Gasteiger partial charge in [0, 0.05) is 17.9 Å². The van der Waals surface area contributed by atoms with Crippen molar-refractivity contribution in [3.05, 3.63) is 18.2 Å². The van der Waals surface area contributed by atoms with E-state index in [4.69, 9.17) is 5.73 Å². The molecule has 0 aliphatic heterocycles. The van der Waals surface area contributed by atoms with Gasteiger partial charge < -0.3 is 15.4 Å². The fourth-order valence-electron chi connectivity index (χ4n) is 2.36. The second-order valence-corrected chi connectivity index (χ2v) is 5.41. The van der Waals surface area contributed by atoms with Crippen LogP contribution in [0.1, 0.15) is 57.6 Å². The minimum Gasteiger partial charge on any atom is -0.390 e. The van der Waals surface area contributed by atoms with Crippen molar-refractivity contribution in [2.75, 3.05) is 0 Å². The van der Waals surface area contributed by atoms with Crippen molar-refractivity contribution in [1.29, 1.82) is 0 Å². The van der Waals surface area contributed by atoms with Gasteiger partial charge in [0.05, 0.1) is 5.60 Å². The van der Waals surface area contributed by atoms with Gasteiger partial charge in [-0.2, -0.15) is 0 Å². The average molecular weight is 253 g/mol. The van der Waals surface area contributed by atoms with E-state index in [2.05, 4.69) is 4.98 Å². The number of hydrogen-bond acceptors (Lipinski definition) is 3. The topological polar surface area (TPSA) is 81.1 Å². The molecular formula is C13H23N3O2. The third kappa shape index (κ3) is 2.90. The largest absolute Gasteiger partial charge is 0.390 e. The number of nitrogens with two attached hydrogens (primary N) is 1. The minimum atomic E-state index is -0.733. The summed E-state index contributed by atoms with van der Waals surface area (Å²) in [6, 6.07) is 0. The summed E-state index contributed by atoms with van der Waals surface area (Å²) in [6.45, 7) is 7.86. The molecule has 0 aliphatic rings. The number of nitrogens with zero attached hydrogens (tertiary/aromatic N) is 2. The Hall–Kier alpha value is -1.36. The summed E-state index contributed by atoms with van der Waals surface area (Å²) in [5.74, 6) is -0.320. The molecule has 3 N–H and O–H groups in total. The van der Waals surface area contributed by atoms with Crippen molar-refractivity contribution >= 4 is 5.91 Å². The molecule has 0 saturated heterocycles. The molecule has 0 atom stereocenters. The van der Waals surface area contributed by atoms with Crippen molar-refractivity contribution in [2.45, 2.75) is 58.1 Å². The average Bonchev–Trinajstić information content (AvgIpc) is 2.78. The summed E-state index contributed by atoms with van der Waals surface area (Å²) in [5.41, 5.74) is 4.15. The molecule has 102 valence electrons. The summed E-state index contributed by atoms with van der Waals surface area (Å²) in [7, 11) is 0. The molecule has 0 fully saturated rings. The molecule has 0 bridgehead atoms. The number of amides is 1. The van der Waals surface area contributed by atoms with Crippen LogP contribution < -0.4 is 5.73 Å². The van der Waals surface area contributed by atoms with Gasteiger partial charge in [0.15, 0.2) is 5.82 Å². The highest BCUT2D eigenvalue weighted by molar-refractivity contribution is 5.89. The van der Waals surface area contributed by atoms with Gasteiger partial charge in [-0.15, -0.1) is 0 Å². The zero-order valence-electron chi connectivity index (χ0n) is 11.6. The van der Waals surface area contributed by atoms with E-state index in [1.807, 2.05) is 27.7 Å². The van der Waals surface area contributed by atoms with Crippen molar-refractivity contribution in [3.63, 3.8) is 0 Å². The molecule has 1 aromatic heterocycles. The van der Waals surface area contributed by atoms with E-state index in [0.29, 0.717) is 19.3 Å². The lowest BCUT2D eigenvalue weighted by molar-refractivity contribution is -0.00676. The molecule has 0 aromatic carbocycles. The van der Waals surface area contributed by atoms with Crippen LogP contribution in [-0.2, 0) is 5.54 Å². The van der Waals surface area contributed by atoms with Crippen LogP contribution >= 0.6 is 0 Å². The molecule has 0 spiro atoms. The maximum Gasteiger partial charge on any atom is 0.284 e. The Morgan fingerprint density at radius 1 is 1.44 bits per heavy atom. The zero-order valence-corrected chi connectivity index (χ0v) is 11.6. The van der Waals surface area contributed by atoms with Crippen molar-refractivity contribution in [3.8, 4) is 0 Å². The lowest BCUT2D eigenvalue weighted by atomic mass is 9.83. The number of rotatable bonds is 6. The Labute approximate surface area is 108 Å². The van der Waals surface area contributed by atoms with Gasteiger partial charge in [-0.05, 0) is 33.1 Å². The molecular weight excluding hydrogens is 230 g/mol. The number of imidazole rings is 1. The summed E-state index contributed by atoms with van der Waals surface area (Å²) in [6.07, 6.45) is 5.18. The minimum absolute atomic E-state index is 0.231. The quantitative estimate of drug-likeness (QED) is 0.809. The maximum atomic E-state index is 11.3. The van der Waals surface area contributed by atoms with Crippen LogP contribution in [0.4, 0.5) is 0 Å². The number of aliphatic hydroxyl groups is 1. The first kappa shape index (κ1) is 14.7. The summed E-state index contributed by atoms with van der Waals surface area (Å²) in [5, 5.41) is 10.4. The molecule has 1 amide bonds. The van der Waals surface area contributed by atoms with Crippen LogP contribution in [0.5, 0.6) is 0 Å². The Morgan fingerprint density at radius 2 is 2.00 bits per heavy atom. The Balaban J connectivity index is 3.06. The number of hydrogen-bond donors (Lipinski definition) is 2. The molecule has 0 radical (unpaired) electrons. The summed E-state index contributed by atoms with van der Waals surface area (Å²) >= 11 is 0. The highest BCUT2D eigenvalue weighted by atomic mass is 16.3. The van der Waals surface area contributed by atoms with Gasteiger partial charge in [-0.3, -0.25) is 4.79 Å². The predicted molar refractivity (Wildman–Crippen MR) is 70.2 cm³/mol. The standard InChI is InChI=1S/C13H23N3O2/c1-5-13(18,6-2)9-12(3,4)16-8-7-15-11(16)10(14)17/h7-8,18H,5-6,9H2,1-4H3,(H2,14,17). The molecule has 1 aromatic rings. The highest BCUT2D eigenvalue weighted by Gasteiger charge is 2.34. The SMILES string of the molecule is CCC(O)(CC)CC(C)(C)n1ccnc1C(N)=O. The number of carbonyl (C=O) groups excluding carboxylic acids is 1. The maximum absolute atomic E-state index is 11.3. The van der Waals surface area contributed by atoms with Crippen molar-refractivity contribution in [2.24, 2.45) is 5.73 Å². The van der Waals surface area contributed by atoms with E-state index in [9.17, 15) is 9.90 Å². The first-order chi connectivity index (χ1) is 8.25. The van der Waals surface area contributed by atoms with Crippen LogP contribution in [0.2, 0.25) is 0 Å². The molecule has 18 heavy (non-hydrogen) atoms.